The molecule has 0 radical (unpaired) electrons. The summed E-state index contributed by atoms with van der Waals surface area (Å²) in [5, 5.41) is 0. The van der Waals surface area contributed by atoms with Gasteiger partial charge in [0.05, 0.1) is 0 Å². The summed E-state index contributed by atoms with van der Waals surface area (Å²) in [6, 6.07) is 10.6. The zero-order valence-corrected chi connectivity index (χ0v) is 14.8. The average Bonchev–Trinajstić information content (AvgIpc) is 3.07. The molecule has 0 atom stereocenters. The molecule has 2 aromatic heterocycles. The van der Waals surface area contributed by atoms with E-state index >= 15 is 0 Å². The number of aryl methyl sites for hydroxylation is 2. The van der Waals surface area contributed by atoms with Gasteiger partial charge in [-0.1, -0.05) is 29.8 Å². The Morgan fingerprint density at radius 2 is 1.68 bits per heavy atom. The largest absolute Gasteiger partial charge is 0.337 e. The van der Waals surface area contributed by atoms with Crippen molar-refractivity contribution in [2.24, 2.45) is 0 Å². The van der Waals surface area contributed by atoms with Crippen LogP contribution < -0.4 is 0 Å². The minimum Gasteiger partial charge on any atom is -0.337 e. The third-order valence-corrected chi connectivity index (χ3v) is 4.98. The number of carbonyl (C=O) groups excluding carboxylic acids is 1. The summed E-state index contributed by atoms with van der Waals surface area (Å²) in [6.07, 6.45) is 7.34. The number of imidazole rings is 1. The molecule has 4 nitrogen and oxygen atoms in total. The smallest absolute Gasteiger partial charge is 0.274 e. The summed E-state index contributed by atoms with van der Waals surface area (Å²) in [6.45, 7) is 5.84. The molecule has 0 aliphatic carbocycles. The number of fused-ring (bicyclic) bond motifs is 1. The first-order valence-corrected chi connectivity index (χ1v) is 8.97. The topological polar surface area (TPSA) is 37.6 Å². The highest BCUT2D eigenvalue weighted by atomic mass is 16.2. The van der Waals surface area contributed by atoms with Crippen LogP contribution in [0.5, 0.6) is 0 Å². The van der Waals surface area contributed by atoms with Crippen molar-refractivity contribution in [3.63, 3.8) is 0 Å². The molecule has 0 spiro atoms. The molecule has 3 aromatic rings. The van der Waals surface area contributed by atoms with Crippen molar-refractivity contribution in [3.8, 4) is 11.1 Å². The van der Waals surface area contributed by atoms with Gasteiger partial charge in [-0.3, -0.25) is 4.79 Å². The summed E-state index contributed by atoms with van der Waals surface area (Å²) in [4.78, 5) is 19.3. The Labute approximate surface area is 148 Å². The maximum atomic E-state index is 12.7. The zero-order valence-electron chi connectivity index (χ0n) is 14.8. The van der Waals surface area contributed by atoms with Crippen LogP contribution in [0.25, 0.3) is 16.8 Å². The number of benzene rings is 1. The first kappa shape index (κ1) is 15.9. The van der Waals surface area contributed by atoms with Crippen LogP contribution in [-0.2, 0) is 0 Å². The van der Waals surface area contributed by atoms with Gasteiger partial charge < -0.3 is 9.30 Å². The van der Waals surface area contributed by atoms with Gasteiger partial charge in [-0.2, -0.15) is 0 Å². The minimum atomic E-state index is 0.0553. The fourth-order valence-corrected chi connectivity index (χ4v) is 3.53. The molecular formula is C21H23N3O. The van der Waals surface area contributed by atoms with Crippen LogP contribution in [0.2, 0.25) is 0 Å². The number of pyridine rings is 1. The number of carbonyl (C=O) groups is 1. The molecule has 4 rings (SSSR count). The van der Waals surface area contributed by atoms with Crippen LogP contribution >= 0.6 is 0 Å². The molecule has 1 aliphatic heterocycles. The Hall–Kier alpha value is -2.62. The van der Waals surface area contributed by atoms with E-state index in [2.05, 4.69) is 55.4 Å². The normalized spacial score (nSPS) is 14.9. The summed E-state index contributed by atoms with van der Waals surface area (Å²) in [5.74, 6) is 0.0553. The van der Waals surface area contributed by atoms with Crippen LogP contribution in [0.4, 0.5) is 0 Å². The van der Waals surface area contributed by atoms with Crippen molar-refractivity contribution in [3.05, 3.63) is 59.5 Å². The van der Waals surface area contributed by atoms with Crippen LogP contribution in [0, 0.1) is 13.8 Å². The molecule has 0 N–H and O–H groups in total. The van der Waals surface area contributed by atoms with Crippen molar-refractivity contribution in [2.45, 2.75) is 33.1 Å². The van der Waals surface area contributed by atoms with Crippen molar-refractivity contribution in [1.29, 1.82) is 0 Å². The molecular weight excluding hydrogens is 310 g/mol. The predicted octanol–water partition coefficient (Wildman–Crippen LogP) is 4.24. The van der Waals surface area contributed by atoms with Gasteiger partial charge >= 0.3 is 0 Å². The van der Waals surface area contributed by atoms with E-state index in [1.54, 1.807) is 0 Å². The quantitative estimate of drug-likeness (QED) is 0.703. The van der Waals surface area contributed by atoms with Crippen molar-refractivity contribution in [2.75, 3.05) is 13.1 Å². The second-order valence-electron chi connectivity index (χ2n) is 6.99. The molecule has 1 amide bonds. The minimum absolute atomic E-state index is 0.0553. The van der Waals surface area contributed by atoms with Crippen molar-refractivity contribution in [1.82, 2.24) is 14.3 Å². The highest BCUT2D eigenvalue weighted by Crippen LogP contribution is 2.24. The Balaban J connectivity index is 1.71. The maximum Gasteiger partial charge on any atom is 0.274 e. The Bertz CT molecular complexity index is 918. The van der Waals surface area contributed by atoms with Gasteiger partial charge in [-0.15, -0.1) is 0 Å². The van der Waals surface area contributed by atoms with Gasteiger partial charge in [0.1, 0.15) is 11.3 Å². The summed E-state index contributed by atoms with van der Waals surface area (Å²) in [7, 11) is 0. The highest BCUT2D eigenvalue weighted by Gasteiger charge is 2.21. The molecule has 1 aromatic carbocycles. The van der Waals surface area contributed by atoms with Gasteiger partial charge in [-0.25, -0.2) is 4.98 Å². The van der Waals surface area contributed by atoms with Crippen LogP contribution in [0.1, 0.15) is 40.9 Å². The molecule has 3 heterocycles. The number of rotatable bonds is 2. The van der Waals surface area contributed by atoms with E-state index in [-0.39, 0.29) is 5.91 Å². The second-order valence-corrected chi connectivity index (χ2v) is 6.99. The fourth-order valence-electron chi connectivity index (χ4n) is 3.53. The van der Waals surface area contributed by atoms with Gasteiger partial charge in [-0.05, 0) is 55.9 Å². The number of hydrogen-bond donors (Lipinski definition) is 0. The Morgan fingerprint density at radius 3 is 2.40 bits per heavy atom. The monoisotopic (exact) mass is 333 g/mol. The lowest BCUT2D eigenvalue weighted by Gasteiger charge is -2.25. The summed E-state index contributed by atoms with van der Waals surface area (Å²) >= 11 is 0. The lowest BCUT2D eigenvalue weighted by Crippen LogP contribution is -2.35. The SMILES string of the molecule is Cc1ccc(-c2cc(C)c3nc(C(=O)N4CCCCC4)cn3c2)cc1. The van der Waals surface area contributed by atoms with Crippen LogP contribution in [0.3, 0.4) is 0 Å². The summed E-state index contributed by atoms with van der Waals surface area (Å²) < 4.78 is 1.99. The first-order chi connectivity index (χ1) is 12.1. The molecule has 1 fully saturated rings. The van der Waals surface area contributed by atoms with Crippen molar-refractivity contribution >= 4 is 11.6 Å². The van der Waals surface area contributed by atoms with E-state index in [0.29, 0.717) is 5.69 Å². The van der Waals surface area contributed by atoms with Gasteiger partial charge in [0.2, 0.25) is 0 Å². The number of aromatic nitrogens is 2. The fraction of sp³-hybridized carbons (Fsp3) is 0.333. The standard InChI is InChI=1S/C21H23N3O/c1-15-6-8-17(9-7-15)18-12-16(2)20-22-19(14-24(20)13-18)21(25)23-10-4-3-5-11-23/h6-9,12-14H,3-5,10-11H2,1-2H3. The number of likely N-dealkylation sites (tertiary alicyclic amines) is 1. The van der Waals surface area contributed by atoms with E-state index < -0.39 is 0 Å². The van der Waals surface area contributed by atoms with Gasteiger partial charge in [0.15, 0.2) is 0 Å². The zero-order chi connectivity index (χ0) is 17.4. The molecule has 128 valence electrons. The summed E-state index contributed by atoms with van der Waals surface area (Å²) in [5.41, 5.74) is 6.05. The second kappa shape index (κ2) is 6.36. The number of nitrogens with zero attached hydrogens (tertiary/aromatic N) is 3. The molecule has 0 saturated carbocycles. The number of hydrogen-bond acceptors (Lipinski definition) is 2. The van der Waals surface area contributed by atoms with Gasteiger partial charge in [0.25, 0.3) is 5.91 Å². The predicted molar refractivity (Wildman–Crippen MR) is 99.9 cm³/mol. The molecule has 0 bridgehead atoms. The van der Waals surface area contributed by atoms with Crippen LogP contribution in [-0.4, -0.2) is 33.3 Å². The maximum absolute atomic E-state index is 12.7. The highest BCUT2D eigenvalue weighted by molar-refractivity contribution is 5.93. The van der Waals surface area contributed by atoms with Crippen molar-refractivity contribution < 1.29 is 4.79 Å². The average molecular weight is 333 g/mol. The molecule has 1 saturated heterocycles. The lowest BCUT2D eigenvalue weighted by atomic mass is 10.0. The van der Waals surface area contributed by atoms with Crippen LogP contribution in [0.15, 0.2) is 42.7 Å². The number of amides is 1. The third-order valence-electron chi connectivity index (χ3n) is 4.98. The molecule has 25 heavy (non-hydrogen) atoms. The van der Waals surface area contributed by atoms with E-state index in [4.69, 9.17) is 0 Å². The van der Waals surface area contributed by atoms with E-state index in [1.165, 1.54) is 17.5 Å². The molecule has 1 aliphatic rings. The lowest BCUT2D eigenvalue weighted by molar-refractivity contribution is 0.0719. The Kier molecular flexibility index (Phi) is 4.04. The van der Waals surface area contributed by atoms with E-state index in [0.717, 1.165) is 42.7 Å². The molecule has 0 unspecified atom stereocenters. The van der Waals surface area contributed by atoms with E-state index in [1.807, 2.05) is 15.5 Å². The van der Waals surface area contributed by atoms with Gasteiger partial charge in [0, 0.05) is 25.5 Å². The first-order valence-electron chi connectivity index (χ1n) is 8.97. The van der Waals surface area contributed by atoms with E-state index in [9.17, 15) is 4.79 Å². The number of piperidine rings is 1. The Morgan fingerprint density at radius 1 is 0.960 bits per heavy atom. The third kappa shape index (κ3) is 3.04. The molecule has 4 heteroatoms.